The van der Waals surface area contributed by atoms with Crippen LogP contribution >= 0.6 is 0 Å². The summed E-state index contributed by atoms with van der Waals surface area (Å²) in [5, 5.41) is 13.2. The van der Waals surface area contributed by atoms with Crippen molar-refractivity contribution < 1.29 is 32.4 Å². The summed E-state index contributed by atoms with van der Waals surface area (Å²) < 4.78 is 41.8. The van der Waals surface area contributed by atoms with Gasteiger partial charge in [-0.05, 0) is 20.3 Å². The Bertz CT molecular complexity index is 666. The van der Waals surface area contributed by atoms with Crippen molar-refractivity contribution in [2.75, 3.05) is 13.7 Å². The number of amides is 1. The highest BCUT2D eigenvalue weighted by Crippen LogP contribution is 2.25. The number of ketones is 1. The van der Waals surface area contributed by atoms with Crippen LogP contribution in [0, 0.1) is 0 Å². The van der Waals surface area contributed by atoms with Crippen LogP contribution in [0.4, 0.5) is 13.2 Å². The largest absolute Gasteiger partial charge is 0.395 e. The summed E-state index contributed by atoms with van der Waals surface area (Å²) in [5.74, 6) is -0.571. The Morgan fingerprint density at radius 2 is 1.81 bits per heavy atom. The molecule has 0 aromatic carbocycles. The molecule has 0 saturated carbocycles. The van der Waals surface area contributed by atoms with E-state index >= 15 is 0 Å². The molecule has 1 amide bonds. The van der Waals surface area contributed by atoms with E-state index in [1.54, 1.807) is 19.9 Å². The van der Waals surface area contributed by atoms with Crippen LogP contribution < -0.4 is 0 Å². The number of carbonyl (C=O) groups excluding carboxylic acids is 2. The van der Waals surface area contributed by atoms with Crippen molar-refractivity contribution in [1.29, 1.82) is 0 Å². The minimum atomic E-state index is -4.31. The summed E-state index contributed by atoms with van der Waals surface area (Å²) in [6.07, 6.45) is -6.08. The Labute approximate surface area is 156 Å². The van der Waals surface area contributed by atoms with E-state index in [1.807, 2.05) is 0 Å². The first kappa shape index (κ1) is 23.1. The van der Waals surface area contributed by atoms with Crippen LogP contribution in [0.25, 0.3) is 0 Å². The molecule has 0 fully saturated rings. The molecular formula is C18H27F3N2O4. The number of carbonyl (C=O) groups is 2. The molecule has 1 rings (SSSR count). The highest BCUT2D eigenvalue weighted by Gasteiger charge is 2.36. The maximum Gasteiger partial charge on any atom is 0.389 e. The SMILES string of the molecule is CN(C(=O)CCCC(F)(F)F)C(C)(C)C(=O)Cc1cc(C(C)(C)CO)no1. The van der Waals surface area contributed by atoms with Crippen molar-refractivity contribution in [3.8, 4) is 0 Å². The van der Waals surface area contributed by atoms with E-state index in [9.17, 15) is 27.9 Å². The maximum absolute atomic E-state index is 12.6. The second-order valence-corrected chi connectivity index (χ2v) is 7.80. The van der Waals surface area contributed by atoms with Crippen molar-refractivity contribution in [1.82, 2.24) is 10.1 Å². The van der Waals surface area contributed by atoms with Crippen molar-refractivity contribution in [2.24, 2.45) is 0 Å². The lowest BCUT2D eigenvalue weighted by Crippen LogP contribution is -2.51. The Morgan fingerprint density at radius 3 is 2.33 bits per heavy atom. The average molecular weight is 392 g/mol. The van der Waals surface area contributed by atoms with E-state index in [0.717, 1.165) is 0 Å². The first-order valence-corrected chi connectivity index (χ1v) is 8.64. The van der Waals surface area contributed by atoms with Gasteiger partial charge in [0.15, 0.2) is 5.78 Å². The number of aliphatic hydroxyl groups excluding tert-OH is 1. The van der Waals surface area contributed by atoms with E-state index in [1.165, 1.54) is 25.8 Å². The lowest BCUT2D eigenvalue weighted by molar-refractivity contribution is -0.146. The molecule has 1 heterocycles. The van der Waals surface area contributed by atoms with Gasteiger partial charge in [-0.2, -0.15) is 13.2 Å². The van der Waals surface area contributed by atoms with E-state index < -0.39 is 29.5 Å². The molecule has 0 radical (unpaired) electrons. The van der Waals surface area contributed by atoms with Crippen LogP contribution in [0.3, 0.4) is 0 Å². The molecule has 6 nitrogen and oxygen atoms in total. The van der Waals surface area contributed by atoms with Crippen LogP contribution in [0.15, 0.2) is 10.6 Å². The maximum atomic E-state index is 12.6. The number of aliphatic hydroxyl groups is 1. The summed E-state index contributed by atoms with van der Waals surface area (Å²) >= 11 is 0. The predicted octanol–water partition coefficient (Wildman–Crippen LogP) is 3.03. The van der Waals surface area contributed by atoms with Gasteiger partial charge >= 0.3 is 6.18 Å². The van der Waals surface area contributed by atoms with Crippen LogP contribution in [0.5, 0.6) is 0 Å². The van der Waals surface area contributed by atoms with Crippen molar-refractivity contribution >= 4 is 11.7 Å². The quantitative estimate of drug-likeness (QED) is 0.698. The Balaban J connectivity index is 2.73. The van der Waals surface area contributed by atoms with E-state index in [-0.39, 0.29) is 31.7 Å². The summed E-state index contributed by atoms with van der Waals surface area (Å²) in [4.78, 5) is 25.9. The fourth-order valence-electron chi connectivity index (χ4n) is 2.28. The molecule has 154 valence electrons. The molecule has 0 bridgehead atoms. The summed E-state index contributed by atoms with van der Waals surface area (Å²) in [6, 6.07) is 1.58. The van der Waals surface area contributed by atoms with E-state index in [0.29, 0.717) is 11.5 Å². The highest BCUT2D eigenvalue weighted by molar-refractivity contribution is 5.93. The lowest BCUT2D eigenvalue weighted by Gasteiger charge is -2.34. The number of halogens is 3. The number of rotatable bonds is 9. The second kappa shape index (κ2) is 8.41. The van der Waals surface area contributed by atoms with Crippen LogP contribution in [0.1, 0.15) is 58.4 Å². The number of likely N-dealkylation sites (N-methyl/N-ethyl adjacent to an activating group) is 1. The zero-order chi connectivity index (χ0) is 21.0. The minimum absolute atomic E-state index is 0.123. The molecule has 0 saturated heterocycles. The molecule has 1 aromatic heterocycles. The summed E-state index contributed by atoms with van der Waals surface area (Å²) in [5.41, 5.74) is -1.33. The zero-order valence-corrected chi connectivity index (χ0v) is 16.3. The molecule has 27 heavy (non-hydrogen) atoms. The molecule has 0 aliphatic rings. The van der Waals surface area contributed by atoms with Gasteiger partial charge in [-0.3, -0.25) is 9.59 Å². The van der Waals surface area contributed by atoms with Crippen molar-refractivity contribution in [2.45, 2.75) is 70.5 Å². The minimum Gasteiger partial charge on any atom is -0.395 e. The molecule has 0 aliphatic carbocycles. The summed E-state index contributed by atoms with van der Waals surface area (Å²) in [6.45, 7) is 6.47. The Morgan fingerprint density at radius 1 is 1.22 bits per heavy atom. The number of Topliss-reactive ketones (excluding diaryl/α,β-unsaturated/α-hetero) is 1. The van der Waals surface area contributed by atoms with Gasteiger partial charge in [-0.25, -0.2) is 0 Å². The predicted molar refractivity (Wildman–Crippen MR) is 92.1 cm³/mol. The monoisotopic (exact) mass is 392 g/mol. The van der Waals surface area contributed by atoms with Gasteiger partial charge in [0.25, 0.3) is 0 Å². The van der Waals surface area contributed by atoms with Crippen molar-refractivity contribution in [3.63, 3.8) is 0 Å². The number of alkyl halides is 3. The fraction of sp³-hybridized carbons (Fsp3) is 0.722. The van der Waals surface area contributed by atoms with Gasteiger partial charge in [-0.1, -0.05) is 19.0 Å². The smallest absolute Gasteiger partial charge is 0.389 e. The average Bonchev–Trinajstić information content (AvgIpc) is 3.02. The molecule has 0 aliphatic heterocycles. The third-order valence-corrected chi connectivity index (χ3v) is 4.73. The Hall–Kier alpha value is -1.90. The first-order chi connectivity index (χ1) is 12.2. The third-order valence-electron chi connectivity index (χ3n) is 4.73. The molecule has 0 unspecified atom stereocenters. The lowest BCUT2D eigenvalue weighted by atomic mass is 9.89. The molecule has 0 atom stereocenters. The molecule has 9 heteroatoms. The van der Waals surface area contributed by atoms with Gasteiger partial charge in [-0.15, -0.1) is 0 Å². The van der Waals surface area contributed by atoms with Crippen LogP contribution in [-0.4, -0.2) is 52.2 Å². The molecule has 0 spiro atoms. The van der Waals surface area contributed by atoms with Gasteiger partial charge in [0.1, 0.15) is 5.76 Å². The topological polar surface area (TPSA) is 83.6 Å². The fourth-order valence-corrected chi connectivity index (χ4v) is 2.28. The van der Waals surface area contributed by atoms with Gasteiger partial charge in [0, 0.05) is 31.4 Å². The van der Waals surface area contributed by atoms with Crippen LogP contribution in [-0.2, 0) is 21.4 Å². The van der Waals surface area contributed by atoms with Crippen LogP contribution in [0.2, 0.25) is 0 Å². The number of hydrogen-bond acceptors (Lipinski definition) is 5. The molecule has 1 aromatic rings. The second-order valence-electron chi connectivity index (χ2n) is 7.80. The number of nitrogens with zero attached hydrogens (tertiary/aromatic N) is 2. The Kier molecular flexibility index (Phi) is 7.21. The van der Waals surface area contributed by atoms with Gasteiger partial charge < -0.3 is 14.5 Å². The number of hydrogen-bond donors (Lipinski definition) is 1. The highest BCUT2D eigenvalue weighted by atomic mass is 19.4. The number of aromatic nitrogens is 1. The van der Waals surface area contributed by atoms with Gasteiger partial charge in [0.2, 0.25) is 5.91 Å². The van der Waals surface area contributed by atoms with Crippen molar-refractivity contribution in [3.05, 3.63) is 17.5 Å². The standard InChI is InChI=1S/C18H27F3N2O4/c1-16(2,11-24)13-9-12(27-22-13)10-14(25)17(3,4)23(5)15(26)7-6-8-18(19,20)21/h9,24H,6-8,10-11H2,1-5H3. The molecule has 1 N–H and O–H groups in total. The summed E-state index contributed by atoms with van der Waals surface area (Å²) in [7, 11) is 1.40. The molecular weight excluding hydrogens is 365 g/mol. The third kappa shape index (κ3) is 6.34. The van der Waals surface area contributed by atoms with E-state index in [4.69, 9.17) is 4.52 Å². The van der Waals surface area contributed by atoms with Gasteiger partial charge in [0.05, 0.1) is 24.3 Å². The normalized spacial score (nSPS) is 12.9. The zero-order valence-electron chi connectivity index (χ0n) is 16.3. The first-order valence-electron chi connectivity index (χ1n) is 8.64. The van der Waals surface area contributed by atoms with E-state index in [2.05, 4.69) is 5.16 Å².